The number of hydrogen-bond donors (Lipinski definition) is 2. The molecule has 0 bridgehead atoms. The van der Waals surface area contributed by atoms with Gasteiger partial charge >= 0.3 is 12.1 Å². The number of hydrogen-bond acceptors (Lipinski definition) is 3. The van der Waals surface area contributed by atoms with Crippen LogP contribution in [0.25, 0.3) is 0 Å². The Hall–Kier alpha value is -2.71. The molecule has 2 N–H and O–H groups in total. The van der Waals surface area contributed by atoms with E-state index < -0.39 is 35.0 Å². The number of rotatable bonds is 4. The summed E-state index contributed by atoms with van der Waals surface area (Å²) in [6.45, 7) is 1.55. The summed E-state index contributed by atoms with van der Waals surface area (Å²) < 4.78 is 64.9. The van der Waals surface area contributed by atoms with E-state index in [9.17, 15) is 26.7 Å². The van der Waals surface area contributed by atoms with Crippen LogP contribution in [0.4, 0.5) is 33.3 Å². The third-order valence-corrected chi connectivity index (χ3v) is 3.24. The van der Waals surface area contributed by atoms with E-state index in [1.54, 1.807) is 6.92 Å². The maximum absolute atomic E-state index is 13.7. The number of halogens is 5. The average Bonchev–Trinajstić information content (AvgIpc) is 2.50. The number of carboxylic acids is 1. The van der Waals surface area contributed by atoms with Crippen molar-refractivity contribution < 1.29 is 31.9 Å². The lowest BCUT2D eigenvalue weighted by atomic mass is 10.1. The molecule has 0 unspecified atom stereocenters. The third kappa shape index (κ3) is 3.44. The Labute approximate surface area is 133 Å². The van der Waals surface area contributed by atoms with Crippen LogP contribution in [0.2, 0.25) is 0 Å². The molecule has 0 saturated carbocycles. The summed E-state index contributed by atoms with van der Waals surface area (Å²) in [4.78, 5) is 14.4. The molecule has 0 aliphatic carbocycles. The van der Waals surface area contributed by atoms with E-state index in [4.69, 9.17) is 5.11 Å². The zero-order valence-electron chi connectivity index (χ0n) is 12.2. The first kappa shape index (κ1) is 17.6. The van der Waals surface area contributed by atoms with Gasteiger partial charge in [-0.05, 0) is 24.6 Å². The van der Waals surface area contributed by atoms with Crippen molar-refractivity contribution in [1.29, 1.82) is 0 Å². The fraction of sp³-hybridized carbons (Fsp3) is 0.200. The molecular formula is C15H11F5N2O2. The zero-order valence-corrected chi connectivity index (χ0v) is 12.2. The van der Waals surface area contributed by atoms with E-state index in [-0.39, 0.29) is 23.4 Å². The Morgan fingerprint density at radius 2 is 1.92 bits per heavy atom. The smallest absolute Gasteiger partial charge is 0.433 e. The molecule has 1 heterocycles. The molecule has 0 atom stereocenters. The highest BCUT2D eigenvalue weighted by Crippen LogP contribution is 2.32. The van der Waals surface area contributed by atoms with Gasteiger partial charge in [0.15, 0.2) is 11.6 Å². The van der Waals surface area contributed by atoms with Crippen LogP contribution < -0.4 is 5.32 Å². The first-order chi connectivity index (χ1) is 11.1. The minimum atomic E-state index is -4.81. The predicted octanol–water partition coefficient (Wildman–Crippen LogP) is 4.38. The number of carbonyl (C=O) groups is 1. The fourth-order valence-electron chi connectivity index (χ4n) is 2.09. The largest absolute Gasteiger partial charge is 0.478 e. The van der Waals surface area contributed by atoms with Gasteiger partial charge in [0.25, 0.3) is 0 Å². The number of anilines is 2. The second-order valence-corrected chi connectivity index (χ2v) is 4.78. The minimum Gasteiger partial charge on any atom is -0.478 e. The molecular weight excluding hydrogens is 335 g/mol. The Kier molecular flexibility index (Phi) is 4.72. The molecule has 0 aliphatic rings. The molecule has 0 fully saturated rings. The average molecular weight is 346 g/mol. The summed E-state index contributed by atoms with van der Waals surface area (Å²) in [6.07, 6.45) is -4.03. The Morgan fingerprint density at radius 3 is 2.46 bits per heavy atom. The summed E-state index contributed by atoms with van der Waals surface area (Å²) in [6, 6.07) is 2.37. The molecule has 24 heavy (non-hydrogen) atoms. The van der Waals surface area contributed by atoms with Crippen LogP contribution in [0.5, 0.6) is 0 Å². The molecule has 2 aromatic rings. The van der Waals surface area contributed by atoms with Crippen LogP contribution in [-0.2, 0) is 12.6 Å². The van der Waals surface area contributed by atoms with Crippen molar-refractivity contribution in [3.8, 4) is 0 Å². The molecule has 0 aliphatic heterocycles. The van der Waals surface area contributed by atoms with Crippen LogP contribution in [0.1, 0.15) is 28.5 Å². The highest BCUT2D eigenvalue weighted by Gasteiger charge is 2.34. The topological polar surface area (TPSA) is 62.2 Å². The van der Waals surface area contributed by atoms with Gasteiger partial charge < -0.3 is 10.4 Å². The number of carboxylic acid groups (broad SMARTS) is 1. The number of aromatic carboxylic acids is 1. The highest BCUT2D eigenvalue weighted by atomic mass is 19.4. The van der Waals surface area contributed by atoms with Crippen LogP contribution >= 0.6 is 0 Å². The van der Waals surface area contributed by atoms with Crippen molar-refractivity contribution in [1.82, 2.24) is 4.98 Å². The molecule has 128 valence electrons. The molecule has 0 radical (unpaired) electrons. The monoisotopic (exact) mass is 346 g/mol. The van der Waals surface area contributed by atoms with Crippen LogP contribution in [-0.4, -0.2) is 16.1 Å². The van der Waals surface area contributed by atoms with Crippen LogP contribution in [0.15, 0.2) is 24.4 Å². The van der Waals surface area contributed by atoms with Gasteiger partial charge in [-0.1, -0.05) is 6.92 Å². The first-order valence-electron chi connectivity index (χ1n) is 6.69. The van der Waals surface area contributed by atoms with E-state index in [0.717, 1.165) is 6.07 Å². The number of nitrogens with one attached hydrogen (secondary N) is 1. The SMILES string of the molecule is CCc1c(Nc2cnc(C(F)(F)F)cc2C(=O)O)ccc(F)c1F. The van der Waals surface area contributed by atoms with Crippen molar-refractivity contribution in [3.05, 3.63) is 52.9 Å². The van der Waals surface area contributed by atoms with Gasteiger partial charge in [0, 0.05) is 11.3 Å². The lowest BCUT2D eigenvalue weighted by Gasteiger charge is -2.15. The molecule has 4 nitrogen and oxygen atoms in total. The van der Waals surface area contributed by atoms with Crippen molar-refractivity contribution >= 4 is 17.3 Å². The maximum atomic E-state index is 13.7. The van der Waals surface area contributed by atoms with E-state index >= 15 is 0 Å². The molecule has 2 rings (SSSR count). The van der Waals surface area contributed by atoms with Crippen LogP contribution in [0, 0.1) is 11.6 Å². The van der Waals surface area contributed by atoms with Gasteiger partial charge in [0.2, 0.25) is 0 Å². The Balaban J connectivity index is 2.51. The number of benzene rings is 1. The van der Waals surface area contributed by atoms with E-state index in [1.807, 2.05) is 0 Å². The Morgan fingerprint density at radius 1 is 1.25 bits per heavy atom. The van der Waals surface area contributed by atoms with Gasteiger partial charge in [-0.3, -0.25) is 0 Å². The van der Waals surface area contributed by atoms with Gasteiger partial charge in [-0.15, -0.1) is 0 Å². The molecule has 0 saturated heterocycles. The minimum absolute atomic E-state index is 0.0421. The van der Waals surface area contributed by atoms with Crippen molar-refractivity contribution in [2.24, 2.45) is 0 Å². The normalized spacial score (nSPS) is 11.4. The standard InChI is InChI=1S/C15H11F5N2O2/c1-2-7-10(4-3-9(16)13(7)17)22-11-6-21-12(15(18,19)20)5-8(11)14(23)24/h3-6,22H,2H2,1H3,(H,23,24). The maximum Gasteiger partial charge on any atom is 0.433 e. The number of nitrogens with zero attached hydrogens (tertiary/aromatic N) is 1. The third-order valence-electron chi connectivity index (χ3n) is 3.24. The summed E-state index contributed by atoms with van der Waals surface area (Å²) in [5.41, 5.74) is -2.35. The molecule has 9 heteroatoms. The summed E-state index contributed by atoms with van der Waals surface area (Å²) in [5, 5.41) is 11.6. The quantitative estimate of drug-likeness (QED) is 0.807. The summed E-state index contributed by atoms with van der Waals surface area (Å²) in [7, 11) is 0. The summed E-state index contributed by atoms with van der Waals surface area (Å²) in [5.74, 6) is -3.81. The summed E-state index contributed by atoms with van der Waals surface area (Å²) >= 11 is 0. The fourth-order valence-corrected chi connectivity index (χ4v) is 2.09. The van der Waals surface area contributed by atoms with Crippen molar-refractivity contribution in [3.63, 3.8) is 0 Å². The van der Waals surface area contributed by atoms with Gasteiger partial charge in [0.05, 0.1) is 17.4 Å². The number of aromatic nitrogens is 1. The molecule has 0 spiro atoms. The van der Waals surface area contributed by atoms with Gasteiger partial charge in [0.1, 0.15) is 5.69 Å². The zero-order chi connectivity index (χ0) is 18.1. The second-order valence-electron chi connectivity index (χ2n) is 4.78. The number of alkyl halides is 3. The van der Waals surface area contributed by atoms with Gasteiger partial charge in [-0.2, -0.15) is 13.2 Å². The lowest BCUT2D eigenvalue weighted by Crippen LogP contribution is -2.12. The highest BCUT2D eigenvalue weighted by molar-refractivity contribution is 5.95. The second kappa shape index (κ2) is 6.42. The number of pyridine rings is 1. The van der Waals surface area contributed by atoms with E-state index in [2.05, 4.69) is 10.3 Å². The Bertz CT molecular complexity index is 790. The van der Waals surface area contributed by atoms with Crippen LogP contribution in [0.3, 0.4) is 0 Å². The van der Waals surface area contributed by atoms with E-state index in [1.165, 1.54) is 6.07 Å². The van der Waals surface area contributed by atoms with Crippen molar-refractivity contribution in [2.45, 2.75) is 19.5 Å². The molecule has 0 amide bonds. The van der Waals surface area contributed by atoms with E-state index in [0.29, 0.717) is 12.3 Å². The molecule has 1 aromatic heterocycles. The predicted molar refractivity (Wildman–Crippen MR) is 75.2 cm³/mol. The lowest BCUT2D eigenvalue weighted by molar-refractivity contribution is -0.141. The van der Waals surface area contributed by atoms with Gasteiger partial charge in [-0.25, -0.2) is 18.6 Å². The molecule has 1 aromatic carbocycles. The van der Waals surface area contributed by atoms with Crippen molar-refractivity contribution in [2.75, 3.05) is 5.32 Å². The first-order valence-corrected chi connectivity index (χ1v) is 6.69.